The summed E-state index contributed by atoms with van der Waals surface area (Å²) in [4.78, 5) is 35.3. The normalized spacial score (nSPS) is 10.7. The van der Waals surface area contributed by atoms with Gasteiger partial charge >= 0.3 is 0 Å². The van der Waals surface area contributed by atoms with E-state index in [2.05, 4.69) is 15.8 Å². The van der Waals surface area contributed by atoms with Gasteiger partial charge in [0.1, 0.15) is 6.61 Å². The van der Waals surface area contributed by atoms with E-state index < -0.39 is 10.8 Å². The molecule has 0 atom stereocenters. The van der Waals surface area contributed by atoms with E-state index in [4.69, 9.17) is 21.1 Å². The summed E-state index contributed by atoms with van der Waals surface area (Å²) in [5, 5.41) is 17.9. The first-order chi connectivity index (χ1) is 19.3. The van der Waals surface area contributed by atoms with Crippen LogP contribution in [0.1, 0.15) is 31.8 Å². The van der Waals surface area contributed by atoms with E-state index in [1.54, 1.807) is 78.9 Å². The highest BCUT2D eigenvalue weighted by molar-refractivity contribution is 6.34. The Morgan fingerprint density at radius 3 is 2.35 bits per heavy atom. The Balaban J connectivity index is 1.34. The van der Waals surface area contributed by atoms with E-state index in [-0.39, 0.29) is 18.2 Å². The quantitative estimate of drug-likeness (QED) is 0.142. The maximum atomic E-state index is 12.5. The molecule has 4 aromatic rings. The molecule has 2 N–H and O–H groups in total. The summed E-state index contributed by atoms with van der Waals surface area (Å²) in [6.45, 7) is 0.167. The average molecular weight is 559 g/mol. The Kier molecular flexibility index (Phi) is 9.06. The Morgan fingerprint density at radius 2 is 1.68 bits per heavy atom. The predicted molar refractivity (Wildman–Crippen MR) is 151 cm³/mol. The van der Waals surface area contributed by atoms with Gasteiger partial charge in [-0.3, -0.25) is 19.7 Å². The second kappa shape index (κ2) is 13.0. The van der Waals surface area contributed by atoms with Gasteiger partial charge in [0.25, 0.3) is 17.5 Å². The molecule has 0 spiro atoms. The SMILES string of the molecule is COc1ccc(/C=N\NC(=O)c2ccc(NC(=O)c3ccccc3Cl)cc2)cc1OCc1ccc([N+](=O)[O-])cc1. The minimum Gasteiger partial charge on any atom is -0.493 e. The van der Waals surface area contributed by atoms with Gasteiger partial charge in [0, 0.05) is 23.4 Å². The Bertz CT molecular complexity index is 1560. The smallest absolute Gasteiger partial charge is 0.271 e. The fourth-order valence-electron chi connectivity index (χ4n) is 3.54. The van der Waals surface area contributed by atoms with Gasteiger partial charge in [0.15, 0.2) is 11.5 Å². The summed E-state index contributed by atoms with van der Waals surface area (Å²) >= 11 is 6.06. The van der Waals surface area contributed by atoms with Gasteiger partial charge in [-0.2, -0.15) is 5.10 Å². The summed E-state index contributed by atoms with van der Waals surface area (Å²) in [6.07, 6.45) is 1.45. The van der Waals surface area contributed by atoms with Gasteiger partial charge in [-0.05, 0) is 77.9 Å². The van der Waals surface area contributed by atoms with Gasteiger partial charge < -0.3 is 14.8 Å². The molecule has 4 rings (SSSR count). The third kappa shape index (κ3) is 7.21. The van der Waals surface area contributed by atoms with Gasteiger partial charge in [-0.25, -0.2) is 5.43 Å². The summed E-state index contributed by atoms with van der Waals surface area (Å²) in [7, 11) is 1.51. The number of nitrogens with one attached hydrogen (secondary N) is 2. The van der Waals surface area contributed by atoms with Crippen molar-refractivity contribution in [3.63, 3.8) is 0 Å². The van der Waals surface area contributed by atoms with Crippen LogP contribution in [0.15, 0.2) is 96.1 Å². The van der Waals surface area contributed by atoms with E-state index >= 15 is 0 Å². The number of hydrogen-bond acceptors (Lipinski definition) is 7. The Morgan fingerprint density at radius 1 is 0.950 bits per heavy atom. The number of non-ortho nitro benzene ring substituents is 1. The fourth-order valence-corrected chi connectivity index (χ4v) is 3.76. The zero-order valence-electron chi connectivity index (χ0n) is 21.2. The highest BCUT2D eigenvalue weighted by Crippen LogP contribution is 2.28. The second-order valence-corrected chi connectivity index (χ2v) is 8.74. The van der Waals surface area contributed by atoms with E-state index in [1.165, 1.54) is 25.5 Å². The van der Waals surface area contributed by atoms with Crippen molar-refractivity contribution in [1.82, 2.24) is 5.43 Å². The van der Waals surface area contributed by atoms with Crippen LogP contribution in [-0.2, 0) is 6.61 Å². The molecule has 0 aliphatic rings. The average Bonchev–Trinajstić information content (AvgIpc) is 2.97. The molecule has 0 saturated heterocycles. The third-order valence-corrected chi connectivity index (χ3v) is 5.96. The molecule has 0 saturated carbocycles. The predicted octanol–water partition coefficient (Wildman–Crippen LogP) is 5.85. The van der Waals surface area contributed by atoms with Crippen LogP contribution >= 0.6 is 11.6 Å². The van der Waals surface area contributed by atoms with Gasteiger partial charge in [0.05, 0.1) is 28.8 Å². The van der Waals surface area contributed by atoms with E-state index in [1.807, 2.05) is 0 Å². The van der Waals surface area contributed by atoms with Gasteiger partial charge in [0.2, 0.25) is 0 Å². The number of carbonyl (C=O) groups excluding carboxylic acids is 2. The molecule has 0 radical (unpaired) electrons. The number of hydrogen-bond donors (Lipinski definition) is 2. The zero-order valence-corrected chi connectivity index (χ0v) is 21.9. The molecule has 0 bridgehead atoms. The van der Waals surface area contributed by atoms with Crippen molar-refractivity contribution in [3.8, 4) is 11.5 Å². The van der Waals surface area contributed by atoms with Crippen LogP contribution < -0.4 is 20.2 Å². The van der Waals surface area contributed by atoms with Crippen molar-refractivity contribution in [1.29, 1.82) is 0 Å². The Hall–Kier alpha value is -5.22. The summed E-state index contributed by atoms with van der Waals surface area (Å²) in [5.41, 5.74) is 5.03. The number of nitro groups is 1. The molecule has 0 unspecified atom stereocenters. The molecule has 40 heavy (non-hydrogen) atoms. The molecule has 0 aromatic heterocycles. The monoisotopic (exact) mass is 558 g/mol. The Labute approximate surface area is 234 Å². The van der Waals surface area contributed by atoms with Crippen molar-refractivity contribution >= 4 is 41.0 Å². The molecule has 4 aromatic carbocycles. The zero-order chi connectivity index (χ0) is 28.5. The number of nitro benzene ring substituents is 1. The molecule has 202 valence electrons. The standard InChI is InChI=1S/C29H23ClN4O6/c1-39-26-15-8-20(16-27(26)40-18-19-6-13-23(14-7-19)34(37)38)17-31-33-28(35)21-9-11-22(12-10-21)32-29(36)24-4-2-3-5-25(24)30/h2-17H,18H2,1H3,(H,32,36)(H,33,35)/b31-17-. The van der Waals surface area contributed by atoms with Crippen LogP contribution in [0.3, 0.4) is 0 Å². The topological polar surface area (TPSA) is 132 Å². The molecule has 2 amide bonds. The number of anilines is 1. The maximum absolute atomic E-state index is 12.5. The van der Waals surface area contributed by atoms with Crippen LogP contribution in [0, 0.1) is 10.1 Å². The van der Waals surface area contributed by atoms with Crippen molar-refractivity contribution in [3.05, 3.63) is 128 Å². The summed E-state index contributed by atoms with van der Waals surface area (Å²) < 4.78 is 11.2. The first kappa shape index (κ1) is 27.8. The highest BCUT2D eigenvalue weighted by atomic mass is 35.5. The maximum Gasteiger partial charge on any atom is 0.271 e. The molecular weight excluding hydrogens is 536 g/mol. The van der Waals surface area contributed by atoms with Crippen LogP contribution in [0.5, 0.6) is 11.5 Å². The third-order valence-electron chi connectivity index (χ3n) is 5.63. The lowest BCUT2D eigenvalue weighted by atomic mass is 10.1. The minimum atomic E-state index is -0.465. The second-order valence-electron chi connectivity index (χ2n) is 8.33. The summed E-state index contributed by atoms with van der Waals surface area (Å²) in [6, 6.07) is 24.2. The molecule has 0 aliphatic carbocycles. The van der Waals surface area contributed by atoms with Gasteiger partial charge in [-0.1, -0.05) is 23.7 Å². The van der Waals surface area contributed by atoms with Crippen LogP contribution in [-0.4, -0.2) is 30.1 Å². The number of hydrazone groups is 1. The molecular formula is C29H23ClN4O6. The lowest BCUT2D eigenvalue weighted by Gasteiger charge is -2.11. The molecule has 0 aliphatic heterocycles. The molecule has 0 fully saturated rings. The van der Waals surface area contributed by atoms with Crippen molar-refractivity contribution in [2.24, 2.45) is 5.10 Å². The number of nitrogens with zero attached hydrogens (tertiary/aromatic N) is 2. The number of rotatable bonds is 10. The molecule has 10 nitrogen and oxygen atoms in total. The number of amides is 2. The van der Waals surface area contributed by atoms with Crippen molar-refractivity contribution in [2.75, 3.05) is 12.4 Å². The number of ether oxygens (including phenoxy) is 2. The summed E-state index contributed by atoms with van der Waals surface area (Å²) in [5.74, 6) is 0.127. The van der Waals surface area contributed by atoms with E-state index in [0.717, 1.165) is 5.56 Å². The first-order valence-electron chi connectivity index (χ1n) is 11.9. The fraction of sp³-hybridized carbons (Fsp3) is 0.0690. The lowest BCUT2D eigenvalue weighted by Crippen LogP contribution is -2.18. The number of carbonyl (C=O) groups is 2. The number of benzene rings is 4. The van der Waals surface area contributed by atoms with E-state index in [9.17, 15) is 19.7 Å². The van der Waals surface area contributed by atoms with Gasteiger partial charge in [-0.15, -0.1) is 0 Å². The number of methoxy groups -OCH3 is 1. The molecule has 0 heterocycles. The largest absolute Gasteiger partial charge is 0.493 e. The molecule has 11 heteroatoms. The first-order valence-corrected chi connectivity index (χ1v) is 12.3. The highest BCUT2D eigenvalue weighted by Gasteiger charge is 2.11. The van der Waals surface area contributed by atoms with Crippen LogP contribution in [0.2, 0.25) is 5.02 Å². The number of halogens is 1. The minimum absolute atomic E-state index is 0.00211. The van der Waals surface area contributed by atoms with Crippen LogP contribution in [0.4, 0.5) is 11.4 Å². The lowest BCUT2D eigenvalue weighted by molar-refractivity contribution is -0.384. The van der Waals surface area contributed by atoms with Crippen LogP contribution in [0.25, 0.3) is 0 Å². The van der Waals surface area contributed by atoms with Crippen molar-refractivity contribution < 1.29 is 24.0 Å². The van der Waals surface area contributed by atoms with Crippen molar-refractivity contribution in [2.45, 2.75) is 6.61 Å². The van der Waals surface area contributed by atoms with E-state index in [0.29, 0.717) is 38.9 Å².